The molecule has 0 atom stereocenters. The number of ether oxygens (including phenoxy) is 2. The molecule has 1 aromatic heterocycles. The van der Waals surface area contributed by atoms with Crippen molar-refractivity contribution in [2.24, 2.45) is 0 Å². The summed E-state index contributed by atoms with van der Waals surface area (Å²) >= 11 is 0. The summed E-state index contributed by atoms with van der Waals surface area (Å²) in [5, 5.41) is 12.5. The van der Waals surface area contributed by atoms with E-state index in [-0.39, 0.29) is 12.5 Å². The molecule has 27 heavy (non-hydrogen) atoms. The third kappa shape index (κ3) is 4.63. The molecule has 144 valence electrons. The molecule has 0 aliphatic carbocycles. The Morgan fingerprint density at radius 3 is 2.78 bits per heavy atom. The van der Waals surface area contributed by atoms with Gasteiger partial charge in [-0.1, -0.05) is 24.3 Å². The molecule has 1 aliphatic rings. The standard InChI is InChI=1S/C20H25N3O4/c1-26-11-8-21-20(25)17-6-7-18(16-5-3-2-4-15(16)14-24)22-19(17)23-9-12-27-13-10-23/h2-7,24H,8-14H2,1H3,(H,21,25). The topological polar surface area (TPSA) is 83.9 Å². The second-order valence-electron chi connectivity index (χ2n) is 6.23. The summed E-state index contributed by atoms with van der Waals surface area (Å²) < 4.78 is 10.4. The smallest absolute Gasteiger partial charge is 0.255 e. The minimum Gasteiger partial charge on any atom is -0.392 e. The van der Waals surface area contributed by atoms with Gasteiger partial charge in [-0.05, 0) is 17.7 Å². The van der Waals surface area contributed by atoms with Crippen molar-refractivity contribution in [1.29, 1.82) is 0 Å². The van der Waals surface area contributed by atoms with Crippen LogP contribution in [0.5, 0.6) is 0 Å². The van der Waals surface area contributed by atoms with E-state index in [0.29, 0.717) is 50.8 Å². The van der Waals surface area contributed by atoms with Gasteiger partial charge < -0.3 is 24.8 Å². The third-order valence-corrected chi connectivity index (χ3v) is 4.49. The molecule has 0 unspecified atom stereocenters. The molecule has 1 saturated heterocycles. The van der Waals surface area contributed by atoms with Gasteiger partial charge in [0.15, 0.2) is 0 Å². The molecule has 2 N–H and O–H groups in total. The lowest BCUT2D eigenvalue weighted by Crippen LogP contribution is -2.39. The lowest BCUT2D eigenvalue weighted by molar-refractivity contribution is 0.0935. The number of pyridine rings is 1. The number of amides is 1. The van der Waals surface area contributed by atoms with Crippen LogP contribution in [0.25, 0.3) is 11.3 Å². The largest absolute Gasteiger partial charge is 0.392 e. The quantitative estimate of drug-likeness (QED) is 0.717. The Morgan fingerprint density at radius 2 is 2.04 bits per heavy atom. The Labute approximate surface area is 158 Å². The van der Waals surface area contributed by atoms with E-state index in [9.17, 15) is 9.90 Å². The molecular formula is C20H25N3O4. The van der Waals surface area contributed by atoms with Gasteiger partial charge in [0.05, 0.1) is 37.7 Å². The van der Waals surface area contributed by atoms with Crippen LogP contribution in [0.1, 0.15) is 15.9 Å². The zero-order chi connectivity index (χ0) is 19.1. The van der Waals surface area contributed by atoms with Gasteiger partial charge in [0, 0.05) is 32.3 Å². The van der Waals surface area contributed by atoms with Crippen molar-refractivity contribution in [3.05, 3.63) is 47.5 Å². The molecule has 2 aromatic rings. The number of methoxy groups -OCH3 is 1. The lowest BCUT2D eigenvalue weighted by atomic mass is 10.0. The van der Waals surface area contributed by atoms with Gasteiger partial charge in [-0.25, -0.2) is 4.98 Å². The second-order valence-corrected chi connectivity index (χ2v) is 6.23. The number of aliphatic hydroxyl groups excluding tert-OH is 1. The van der Waals surface area contributed by atoms with Gasteiger partial charge in [0.2, 0.25) is 0 Å². The van der Waals surface area contributed by atoms with Crippen LogP contribution in [0.4, 0.5) is 5.82 Å². The molecule has 3 rings (SSSR count). The van der Waals surface area contributed by atoms with Gasteiger partial charge in [-0.3, -0.25) is 4.79 Å². The highest BCUT2D eigenvalue weighted by Gasteiger charge is 2.21. The number of anilines is 1. The van der Waals surface area contributed by atoms with Crippen molar-refractivity contribution in [2.75, 3.05) is 51.5 Å². The van der Waals surface area contributed by atoms with E-state index in [0.717, 1.165) is 16.8 Å². The SMILES string of the molecule is COCCNC(=O)c1ccc(-c2ccccc2CO)nc1N1CCOCC1. The monoisotopic (exact) mass is 371 g/mol. The number of benzene rings is 1. The number of hydrogen-bond donors (Lipinski definition) is 2. The van der Waals surface area contributed by atoms with Gasteiger partial charge in [-0.2, -0.15) is 0 Å². The normalized spacial score (nSPS) is 14.2. The fourth-order valence-electron chi connectivity index (χ4n) is 3.06. The number of hydrogen-bond acceptors (Lipinski definition) is 6. The van der Waals surface area contributed by atoms with Gasteiger partial charge in [0.25, 0.3) is 5.91 Å². The van der Waals surface area contributed by atoms with Crippen LogP contribution in [0, 0.1) is 0 Å². The average molecular weight is 371 g/mol. The molecule has 0 spiro atoms. The molecule has 7 nitrogen and oxygen atoms in total. The summed E-state index contributed by atoms with van der Waals surface area (Å²) in [5.74, 6) is 0.460. The highest BCUT2D eigenvalue weighted by atomic mass is 16.5. The number of nitrogens with one attached hydrogen (secondary N) is 1. The maximum Gasteiger partial charge on any atom is 0.255 e. The van der Waals surface area contributed by atoms with E-state index in [1.807, 2.05) is 30.3 Å². The molecule has 0 bridgehead atoms. The molecule has 1 aromatic carbocycles. The number of morpholine rings is 1. The summed E-state index contributed by atoms with van der Waals surface area (Å²) in [6.07, 6.45) is 0. The summed E-state index contributed by atoms with van der Waals surface area (Å²) in [5.41, 5.74) is 2.92. The Bertz CT molecular complexity index is 776. The molecule has 0 radical (unpaired) electrons. The Morgan fingerprint density at radius 1 is 1.26 bits per heavy atom. The zero-order valence-electron chi connectivity index (χ0n) is 15.5. The van der Waals surface area contributed by atoms with Crippen molar-refractivity contribution in [2.45, 2.75) is 6.61 Å². The predicted octanol–water partition coefficient (Wildman–Crippen LogP) is 1.45. The first-order valence-corrected chi connectivity index (χ1v) is 9.04. The summed E-state index contributed by atoms with van der Waals surface area (Å²) in [7, 11) is 1.60. The molecule has 7 heteroatoms. The summed E-state index contributed by atoms with van der Waals surface area (Å²) in [4.78, 5) is 19.5. The van der Waals surface area contributed by atoms with Crippen LogP contribution in [0.2, 0.25) is 0 Å². The van der Waals surface area contributed by atoms with E-state index >= 15 is 0 Å². The predicted molar refractivity (Wildman–Crippen MR) is 103 cm³/mol. The van der Waals surface area contributed by atoms with Crippen LogP contribution >= 0.6 is 0 Å². The lowest BCUT2D eigenvalue weighted by Gasteiger charge is -2.29. The minimum absolute atomic E-state index is 0.0655. The number of aliphatic hydroxyl groups is 1. The minimum atomic E-state index is -0.178. The molecule has 1 aliphatic heterocycles. The fraction of sp³-hybridized carbons (Fsp3) is 0.400. The van der Waals surface area contributed by atoms with Crippen LogP contribution in [0.3, 0.4) is 0 Å². The highest BCUT2D eigenvalue weighted by molar-refractivity contribution is 5.99. The first kappa shape index (κ1) is 19.3. The maximum absolute atomic E-state index is 12.6. The van der Waals surface area contributed by atoms with Crippen LogP contribution < -0.4 is 10.2 Å². The van der Waals surface area contributed by atoms with Crippen LogP contribution in [0.15, 0.2) is 36.4 Å². The first-order valence-electron chi connectivity index (χ1n) is 9.04. The maximum atomic E-state index is 12.6. The fourth-order valence-corrected chi connectivity index (χ4v) is 3.06. The van der Waals surface area contributed by atoms with E-state index < -0.39 is 0 Å². The van der Waals surface area contributed by atoms with Crippen molar-refractivity contribution in [3.63, 3.8) is 0 Å². The second kappa shape index (κ2) is 9.45. The van der Waals surface area contributed by atoms with Gasteiger partial charge >= 0.3 is 0 Å². The first-order chi connectivity index (χ1) is 13.2. The van der Waals surface area contributed by atoms with Gasteiger partial charge in [0.1, 0.15) is 5.82 Å². The van der Waals surface area contributed by atoms with E-state index in [4.69, 9.17) is 14.5 Å². The number of nitrogens with zero attached hydrogens (tertiary/aromatic N) is 2. The summed E-state index contributed by atoms with van der Waals surface area (Å²) in [6, 6.07) is 11.2. The molecule has 0 saturated carbocycles. The van der Waals surface area contributed by atoms with Gasteiger partial charge in [-0.15, -0.1) is 0 Å². The molecule has 1 amide bonds. The average Bonchev–Trinajstić information content (AvgIpc) is 2.74. The van der Waals surface area contributed by atoms with E-state index in [1.165, 1.54) is 0 Å². The number of carbonyl (C=O) groups excluding carboxylic acids is 1. The zero-order valence-corrected chi connectivity index (χ0v) is 15.5. The number of aromatic nitrogens is 1. The van der Waals surface area contributed by atoms with Crippen molar-refractivity contribution < 1.29 is 19.4 Å². The number of carbonyl (C=O) groups is 1. The van der Waals surface area contributed by atoms with Crippen molar-refractivity contribution >= 4 is 11.7 Å². The van der Waals surface area contributed by atoms with Crippen LogP contribution in [-0.4, -0.2) is 62.6 Å². The van der Waals surface area contributed by atoms with E-state index in [1.54, 1.807) is 13.2 Å². The highest BCUT2D eigenvalue weighted by Crippen LogP contribution is 2.27. The van der Waals surface area contributed by atoms with Crippen LogP contribution in [-0.2, 0) is 16.1 Å². The molecular weight excluding hydrogens is 346 g/mol. The number of rotatable bonds is 7. The Hall–Kier alpha value is -2.48. The van der Waals surface area contributed by atoms with E-state index in [2.05, 4.69) is 10.2 Å². The Kier molecular flexibility index (Phi) is 6.75. The molecule has 2 heterocycles. The Balaban J connectivity index is 1.97. The molecule has 1 fully saturated rings. The van der Waals surface area contributed by atoms with Crippen molar-refractivity contribution in [3.8, 4) is 11.3 Å². The third-order valence-electron chi connectivity index (χ3n) is 4.49. The summed E-state index contributed by atoms with van der Waals surface area (Å²) in [6.45, 7) is 3.38. The van der Waals surface area contributed by atoms with Crippen molar-refractivity contribution in [1.82, 2.24) is 10.3 Å².